The SMILES string of the molecule is C=CC(=O)Oc1ccc(Cl)cc1C(=O)Nc1ccc([N+](=O)[O-])cc1Cl. The van der Waals surface area contributed by atoms with Crippen LogP contribution in [0.2, 0.25) is 10.0 Å². The molecule has 2 aromatic carbocycles. The third kappa shape index (κ3) is 4.56. The van der Waals surface area contributed by atoms with Crippen LogP contribution in [0.15, 0.2) is 49.1 Å². The quantitative estimate of drug-likeness (QED) is 0.275. The van der Waals surface area contributed by atoms with Crippen molar-refractivity contribution in [1.82, 2.24) is 0 Å². The first-order valence-electron chi connectivity index (χ1n) is 6.71. The zero-order chi connectivity index (χ0) is 18.6. The number of nitrogens with zero attached hydrogens (tertiary/aromatic N) is 1. The molecular formula is C16H10Cl2N2O5. The van der Waals surface area contributed by atoms with E-state index < -0.39 is 16.8 Å². The first kappa shape index (κ1) is 18.4. The van der Waals surface area contributed by atoms with Gasteiger partial charge in [-0.1, -0.05) is 29.8 Å². The molecule has 0 bridgehead atoms. The van der Waals surface area contributed by atoms with Crippen LogP contribution in [0.4, 0.5) is 11.4 Å². The molecule has 128 valence electrons. The van der Waals surface area contributed by atoms with Gasteiger partial charge in [-0.25, -0.2) is 4.79 Å². The van der Waals surface area contributed by atoms with Crippen LogP contribution in [0.5, 0.6) is 5.75 Å². The van der Waals surface area contributed by atoms with Crippen molar-refractivity contribution in [2.75, 3.05) is 5.32 Å². The second-order valence-electron chi connectivity index (χ2n) is 4.64. The number of nitro groups is 1. The Kier molecular flexibility index (Phi) is 5.74. The van der Waals surface area contributed by atoms with Crippen molar-refractivity contribution in [2.45, 2.75) is 0 Å². The maximum Gasteiger partial charge on any atom is 0.335 e. The van der Waals surface area contributed by atoms with Crippen molar-refractivity contribution >= 4 is 46.5 Å². The molecule has 0 atom stereocenters. The molecule has 25 heavy (non-hydrogen) atoms. The van der Waals surface area contributed by atoms with Gasteiger partial charge in [0.2, 0.25) is 0 Å². The molecule has 0 aliphatic rings. The molecule has 0 radical (unpaired) electrons. The average molecular weight is 381 g/mol. The van der Waals surface area contributed by atoms with Crippen molar-refractivity contribution in [1.29, 1.82) is 0 Å². The summed E-state index contributed by atoms with van der Waals surface area (Å²) in [6.45, 7) is 3.28. The number of anilines is 1. The van der Waals surface area contributed by atoms with E-state index in [9.17, 15) is 19.7 Å². The Morgan fingerprint density at radius 2 is 1.92 bits per heavy atom. The third-order valence-electron chi connectivity index (χ3n) is 2.98. The topological polar surface area (TPSA) is 98.5 Å². The highest BCUT2D eigenvalue weighted by molar-refractivity contribution is 6.34. The third-order valence-corrected chi connectivity index (χ3v) is 3.52. The van der Waals surface area contributed by atoms with E-state index in [0.717, 1.165) is 12.1 Å². The van der Waals surface area contributed by atoms with Gasteiger partial charge in [0, 0.05) is 23.2 Å². The van der Waals surface area contributed by atoms with Crippen molar-refractivity contribution in [3.8, 4) is 5.75 Å². The number of carbonyl (C=O) groups is 2. The lowest BCUT2D eigenvalue weighted by Crippen LogP contribution is -2.15. The fourth-order valence-electron chi connectivity index (χ4n) is 1.83. The molecule has 0 heterocycles. The van der Waals surface area contributed by atoms with E-state index in [-0.39, 0.29) is 32.7 Å². The van der Waals surface area contributed by atoms with E-state index in [1.165, 1.54) is 30.3 Å². The Hall–Kier alpha value is -2.90. The molecule has 0 aliphatic heterocycles. The number of halogens is 2. The van der Waals surface area contributed by atoms with Crippen molar-refractivity contribution < 1.29 is 19.2 Å². The average Bonchev–Trinajstić information content (AvgIpc) is 2.57. The van der Waals surface area contributed by atoms with E-state index in [4.69, 9.17) is 27.9 Å². The van der Waals surface area contributed by atoms with Gasteiger partial charge in [0.05, 0.1) is 21.2 Å². The number of ether oxygens (including phenoxy) is 1. The van der Waals surface area contributed by atoms with Gasteiger partial charge < -0.3 is 10.1 Å². The minimum atomic E-state index is -0.746. The van der Waals surface area contributed by atoms with Crippen LogP contribution in [-0.4, -0.2) is 16.8 Å². The molecule has 1 amide bonds. The minimum absolute atomic E-state index is 0.0166. The summed E-state index contributed by atoms with van der Waals surface area (Å²) in [7, 11) is 0. The summed E-state index contributed by atoms with van der Waals surface area (Å²) in [6.07, 6.45) is 0.948. The number of hydrogen-bond donors (Lipinski definition) is 1. The molecule has 0 fully saturated rings. The van der Waals surface area contributed by atoms with Crippen molar-refractivity contribution in [3.63, 3.8) is 0 Å². The van der Waals surface area contributed by atoms with Crippen LogP contribution in [-0.2, 0) is 4.79 Å². The second kappa shape index (κ2) is 7.78. The minimum Gasteiger partial charge on any atom is -0.423 e. The van der Waals surface area contributed by atoms with Crippen LogP contribution in [0, 0.1) is 10.1 Å². The van der Waals surface area contributed by atoms with Crippen LogP contribution in [0.3, 0.4) is 0 Å². The number of hydrogen-bond acceptors (Lipinski definition) is 5. The second-order valence-corrected chi connectivity index (χ2v) is 5.48. The Morgan fingerprint density at radius 1 is 1.20 bits per heavy atom. The zero-order valence-corrected chi connectivity index (χ0v) is 14.0. The number of nitro benzene ring substituents is 1. The monoisotopic (exact) mass is 380 g/mol. The van der Waals surface area contributed by atoms with Gasteiger partial charge in [0.25, 0.3) is 11.6 Å². The van der Waals surface area contributed by atoms with Crippen LogP contribution >= 0.6 is 23.2 Å². The standard InChI is InChI=1S/C16H10Cl2N2O5/c1-2-15(21)25-14-6-3-9(17)7-11(14)16(22)19-13-5-4-10(20(23)24)8-12(13)18/h2-8H,1H2,(H,19,22). The molecule has 1 N–H and O–H groups in total. The fraction of sp³-hybridized carbons (Fsp3) is 0. The molecule has 9 heteroatoms. The highest BCUT2D eigenvalue weighted by Gasteiger charge is 2.18. The molecule has 2 rings (SSSR count). The summed E-state index contributed by atoms with van der Waals surface area (Å²) in [4.78, 5) is 33.9. The van der Waals surface area contributed by atoms with E-state index in [1.807, 2.05) is 0 Å². The Labute approximate surface area is 152 Å². The summed E-state index contributed by atoms with van der Waals surface area (Å²) in [5, 5.41) is 13.4. The number of benzene rings is 2. The molecule has 0 saturated carbocycles. The first-order valence-corrected chi connectivity index (χ1v) is 7.46. The highest BCUT2D eigenvalue weighted by atomic mass is 35.5. The van der Waals surface area contributed by atoms with Gasteiger partial charge >= 0.3 is 5.97 Å². The molecular weight excluding hydrogens is 371 g/mol. The number of nitrogens with one attached hydrogen (secondary N) is 1. The van der Waals surface area contributed by atoms with Gasteiger partial charge in [-0.2, -0.15) is 0 Å². The molecule has 0 spiro atoms. The molecule has 0 aromatic heterocycles. The maximum absolute atomic E-state index is 12.4. The lowest BCUT2D eigenvalue weighted by atomic mass is 10.1. The number of esters is 1. The molecule has 0 aliphatic carbocycles. The van der Waals surface area contributed by atoms with Gasteiger partial charge in [0.1, 0.15) is 5.75 Å². The number of non-ortho nitro benzene ring substituents is 1. The maximum atomic E-state index is 12.4. The van der Waals surface area contributed by atoms with Crippen molar-refractivity contribution in [3.05, 3.63) is 74.8 Å². The molecule has 2 aromatic rings. The summed E-state index contributed by atoms with van der Waals surface area (Å²) in [5.74, 6) is -1.43. The van der Waals surface area contributed by atoms with E-state index in [0.29, 0.717) is 0 Å². The van der Waals surface area contributed by atoms with Gasteiger partial charge in [-0.3, -0.25) is 14.9 Å². The summed E-state index contributed by atoms with van der Waals surface area (Å²) < 4.78 is 4.99. The van der Waals surface area contributed by atoms with Gasteiger partial charge in [-0.05, 0) is 24.3 Å². The van der Waals surface area contributed by atoms with E-state index in [2.05, 4.69) is 11.9 Å². The fourth-order valence-corrected chi connectivity index (χ4v) is 2.22. The number of carbonyl (C=O) groups excluding carboxylic acids is 2. The van der Waals surface area contributed by atoms with Crippen LogP contribution in [0.25, 0.3) is 0 Å². The lowest BCUT2D eigenvalue weighted by molar-refractivity contribution is -0.384. The van der Waals surface area contributed by atoms with Crippen molar-refractivity contribution in [2.24, 2.45) is 0 Å². The Bertz CT molecular complexity index is 883. The normalized spacial score (nSPS) is 10.0. The smallest absolute Gasteiger partial charge is 0.335 e. The van der Waals surface area contributed by atoms with E-state index >= 15 is 0 Å². The van der Waals surface area contributed by atoms with E-state index in [1.54, 1.807) is 0 Å². The highest BCUT2D eigenvalue weighted by Crippen LogP contribution is 2.29. The van der Waals surface area contributed by atoms with Crippen LogP contribution in [0.1, 0.15) is 10.4 Å². The Morgan fingerprint density at radius 3 is 2.52 bits per heavy atom. The zero-order valence-electron chi connectivity index (χ0n) is 12.5. The van der Waals surface area contributed by atoms with Gasteiger partial charge in [-0.15, -0.1) is 0 Å². The number of rotatable bonds is 5. The first-order chi connectivity index (χ1) is 11.8. The summed E-state index contributed by atoms with van der Waals surface area (Å²) in [5.41, 5.74) is -0.0817. The predicted octanol–water partition coefficient (Wildman–Crippen LogP) is 4.25. The summed E-state index contributed by atoms with van der Waals surface area (Å²) in [6, 6.07) is 7.70. The molecule has 0 saturated heterocycles. The van der Waals surface area contributed by atoms with Crippen LogP contribution < -0.4 is 10.1 Å². The number of amides is 1. The summed E-state index contributed by atoms with van der Waals surface area (Å²) >= 11 is 11.8. The molecule has 7 nitrogen and oxygen atoms in total. The largest absolute Gasteiger partial charge is 0.423 e. The molecule has 0 unspecified atom stereocenters. The Balaban J connectivity index is 2.32. The van der Waals surface area contributed by atoms with Gasteiger partial charge in [0.15, 0.2) is 0 Å². The predicted molar refractivity (Wildman–Crippen MR) is 93.3 cm³/mol. The lowest BCUT2D eigenvalue weighted by Gasteiger charge is -2.11.